The van der Waals surface area contributed by atoms with E-state index in [1.807, 2.05) is 21.8 Å². The van der Waals surface area contributed by atoms with Crippen molar-refractivity contribution in [3.8, 4) is 0 Å². The first-order valence-electron chi connectivity index (χ1n) is 9.21. The number of aryl methyl sites for hydroxylation is 2. The van der Waals surface area contributed by atoms with Crippen LogP contribution in [0.3, 0.4) is 0 Å². The summed E-state index contributed by atoms with van der Waals surface area (Å²) in [5.41, 5.74) is 0.965. The standard InChI is InChI=1S/C18H27N5OS/c1-2-6-17-21-15(14-25-17)13-19-18(24)23-11-4-3-7-16(23)8-12-22-10-5-9-20-22/h5,9-10,14,16H,2-4,6-8,11-13H2,1H3,(H,19,24)/t16-/m1/s1. The Morgan fingerprint density at radius 3 is 3.16 bits per heavy atom. The van der Waals surface area contributed by atoms with Crippen molar-refractivity contribution in [3.63, 3.8) is 0 Å². The van der Waals surface area contributed by atoms with E-state index in [1.54, 1.807) is 17.5 Å². The number of amides is 2. The molecule has 136 valence electrons. The Labute approximate surface area is 153 Å². The van der Waals surface area contributed by atoms with Gasteiger partial charge in [-0.2, -0.15) is 5.10 Å². The molecule has 0 unspecified atom stereocenters. The maximum absolute atomic E-state index is 12.6. The quantitative estimate of drug-likeness (QED) is 0.821. The number of carbonyl (C=O) groups is 1. The fourth-order valence-corrected chi connectivity index (χ4v) is 4.21. The van der Waals surface area contributed by atoms with E-state index < -0.39 is 0 Å². The van der Waals surface area contributed by atoms with Crippen LogP contribution in [0, 0.1) is 0 Å². The Morgan fingerprint density at radius 2 is 2.36 bits per heavy atom. The molecular formula is C18H27N5OS. The lowest BCUT2D eigenvalue weighted by Gasteiger charge is -2.35. The highest BCUT2D eigenvalue weighted by atomic mass is 32.1. The zero-order valence-corrected chi connectivity index (χ0v) is 15.7. The predicted octanol–water partition coefficient (Wildman–Crippen LogP) is 3.45. The van der Waals surface area contributed by atoms with Crippen molar-refractivity contribution in [2.45, 2.75) is 64.6 Å². The van der Waals surface area contributed by atoms with Crippen molar-refractivity contribution in [2.24, 2.45) is 0 Å². The van der Waals surface area contributed by atoms with Crippen LogP contribution < -0.4 is 5.32 Å². The van der Waals surface area contributed by atoms with Gasteiger partial charge in [0.1, 0.15) is 0 Å². The van der Waals surface area contributed by atoms with Crippen LogP contribution in [0.1, 0.15) is 49.7 Å². The second-order valence-corrected chi connectivity index (χ2v) is 7.48. The SMILES string of the molecule is CCCc1nc(CNC(=O)N2CCCC[C@@H]2CCn2cccn2)cs1. The minimum atomic E-state index is 0.0372. The van der Waals surface area contributed by atoms with E-state index >= 15 is 0 Å². The fraction of sp³-hybridized carbons (Fsp3) is 0.611. The molecule has 0 radical (unpaired) electrons. The second-order valence-electron chi connectivity index (χ2n) is 6.54. The molecule has 0 spiro atoms. The average molecular weight is 362 g/mol. The molecule has 3 heterocycles. The predicted molar refractivity (Wildman–Crippen MR) is 99.5 cm³/mol. The van der Waals surface area contributed by atoms with Crippen molar-refractivity contribution < 1.29 is 4.79 Å². The molecule has 1 N–H and O–H groups in total. The Morgan fingerprint density at radius 1 is 1.44 bits per heavy atom. The van der Waals surface area contributed by atoms with E-state index in [1.165, 1.54) is 6.42 Å². The van der Waals surface area contributed by atoms with Gasteiger partial charge in [-0.25, -0.2) is 9.78 Å². The van der Waals surface area contributed by atoms with Gasteiger partial charge in [0, 0.05) is 36.9 Å². The molecule has 0 saturated carbocycles. The number of likely N-dealkylation sites (tertiary alicyclic amines) is 1. The number of aromatic nitrogens is 3. The van der Waals surface area contributed by atoms with Crippen LogP contribution >= 0.6 is 11.3 Å². The molecule has 2 amide bonds. The summed E-state index contributed by atoms with van der Waals surface area (Å²) in [6.07, 6.45) is 10.2. The minimum Gasteiger partial charge on any atom is -0.332 e. The maximum atomic E-state index is 12.6. The highest BCUT2D eigenvalue weighted by Gasteiger charge is 2.26. The van der Waals surface area contributed by atoms with Crippen LogP contribution in [-0.2, 0) is 19.5 Å². The minimum absolute atomic E-state index is 0.0372. The van der Waals surface area contributed by atoms with Crippen molar-refractivity contribution >= 4 is 17.4 Å². The van der Waals surface area contributed by atoms with E-state index in [0.717, 1.165) is 55.9 Å². The summed E-state index contributed by atoms with van der Waals surface area (Å²) in [4.78, 5) is 19.2. The summed E-state index contributed by atoms with van der Waals surface area (Å²) in [6, 6.07) is 2.27. The Bertz CT molecular complexity index is 654. The average Bonchev–Trinajstić information content (AvgIpc) is 3.30. The number of rotatable bonds is 7. The van der Waals surface area contributed by atoms with Crippen LogP contribution in [-0.4, -0.2) is 38.3 Å². The summed E-state index contributed by atoms with van der Waals surface area (Å²) in [6.45, 7) is 4.37. The molecule has 0 bridgehead atoms. The molecular weight excluding hydrogens is 334 g/mol. The van der Waals surface area contributed by atoms with Gasteiger partial charge >= 0.3 is 6.03 Å². The number of thiazole rings is 1. The van der Waals surface area contributed by atoms with Gasteiger partial charge < -0.3 is 10.2 Å². The first kappa shape index (κ1) is 17.9. The lowest BCUT2D eigenvalue weighted by molar-refractivity contribution is 0.143. The molecule has 1 fully saturated rings. The number of carbonyl (C=O) groups excluding carboxylic acids is 1. The largest absolute Gasteiger partial charge is 0.332 e. The van der Waals surface area contributed by atoms with Crippen LogP contribution in [0.4, 0.5) is 4.79 Å². The van der Waals surface area contributed by atoms with Gasteiger partial charge in [-0.05, 0) is 44.6 Å². The highest BCUT2D eigenvalue weighted by molar-refractivity contribution is 7.09. The van der Waals surface area contributed by atoms with Gasteiger partial charge in [0.15, 0.2) is 0 Å². The molecule has 0 aliphatic carbocycles. The van der Waals surface area contributed by atoms with Crippen LogP contribution in [0.2, 0.25) is 0 Å². The van der Waals surface area contributed by atoms with Gasteiger partial charge in [0.25, 0.3) is 0 Å². The molecule has 3 rings (SSSR count). The lowest BCUT2D eigenvalue weighted by atomic mass is 10.00. The first-order chi connectivity index (χ1) is 12.3. The topological polar surface area (TPSA) is 63.1 Å². The van der Waals surface area contributed by atoms with E-state index in [2.05, 4.69) is 27.7 Å². The molecule has 1 atom stereocenters. The molecule has 1 saturated heterocycles. The van der Waals surface area contributed by atoms with Crippen LogP contribution in [0.15, 0.2) is 23.8 Å². The van der Waals surface area contributed by atoms with Gasteiger partial charge in [0.05, 0.1) is 17.2 Å². The second kappa shape index (κ2) is 8.99. The summed E-state index contributed by atoms with van der Waals surface area (Å²) >= 11 is 1.68. The normalized spacial score (nSPS) is 17.6. The number of nitrogens with zero attached hydrogens (tertiary/aromatic N) is 4. The molecule has 2 aromatic heterocycles. The lowest BCUT2D eigenvalue weighted by Crippen LogP contribution is -2.48. The van der Waals surface area contributed by atoms with Crippen molar-refractivity contribution in [2.75, 3.05) is 6.54 Å². The van der Waals surface area contributed by atoms with Crippen molar-refractivity contribution in [1.29, 1.82) is 0 Å². The highest BCUT2D eigenvalue weighted by Crippen LogP contribution is 2.20. The zero-order valence-electron chi connectivity index (χ0n) is 14.9. The molecule has 7 heteroatoms. The molecule has 6 nitrogen and oxygen atoms in total. The van der Waals surface area contributed by atoms with Crippen LogP contribution in [0.5, 0.6) is 0 Å². The van der Waals surface area contributed by atoms with E-state index in [4.69, 9.17) is 0 Å². The maximum Gasteiger partial charge on any atom is 0.317 e. The summed E-state index contributed by atoms with van der Waals surface area (Å²) < 4.78 is 1.94. The molecule has 1 aliphatic heterocycles. The first-order valence-corrected chi connectivity index (χ1v) is 10.1. The number of hydrogen-bond donors (Lipinski definition) is 1. The third-order valence-corrected chi connectivity index (χ3v) is 5.58. The summed E-state index contributed by atoms with van der Waals surface area (Å²) in [7, 11) is 0. The third kappa shape index (κ3) is 5.04. The smallest absolute Gasteiger partial charge is 0.317 e. The Balaban J connectivity index is 1.50. The van der Waals surface area contributed by atoms with Crippen molar-refractivity contribution in [3.05, 3.63) is 34.5 Å². The number of nitrogens with one attached hydrogen (secondary N) is 1. The summed E-state index contributed by atoms with van der Waals surface area (Å²) in [5.74, 6) is 0. The van der Waals surface area contributed by atoms with Gasteiger partial charge in [0.2, 0.25) is 0 Å². The number of urea groups is 1. The Kier molecular flexibility index (Phi) is 6.44. The number of piperidine rings is 1. The molecule has 1 aliphatic rings. The van der Waals surface area contributed by atoms with E-state index in [9.17, 15) is 4.79 Å². The van der Waals surface area contributed by atoms with Gasteiger partial charge in [-0.1, -0.05) is 6.92 Å². The van der Waals surface area contributed by atoms with Crippen LogP contribution in [0.25, 0.3) is 0 Å². The zero-order chi connectivity index (χ0) is 17.5. The summed E-state index contributed by atoms with van der Waals surface area (Å²) in [5, 5.41) is 10.5. The fourth-order valence-electron chi connectivity index (χ4n) is 3.31. The Hall–Kier alpha value is -1.89. The monoisotopic (exact) mass is 361 g/mol. The van der Waals surface area contributed by atoms with E-state index in [0.29, 0.717) is 12.6 Å². The molecule has 2 aromatic rings. The number of hydrogen-bond acceptors (Lipinski definition) is 4. The third-order valence-electron chi connectivity index (χ3n) is 4.62. The van der Waals surface area contributed by atoms with Gasteiger partial charge in [-0.3, -0.25) is 4.68 Å². The van der Waals surface area contributed by atoms with Crippen molar-refractivity contribution in [1.82, 2.24) is 25.0 Å². The molecule has 0 aromatic carbocycles. The van der Waals surface area contributed by atoms with E-state index in [-0.39, 0.29) is 6.03 Å². The molecule has 25 heavy (non-hydrogen) atoms. The van der Waals surface area contributed by atoms with Gasteiger partial charge in [-0.15, -0.1) is 11.3 Å².